The van der Waals surface area contributed by atoms with Crippen molar-refractivity contribution in [2.45, 2.75) is 24.9 Å². The molecule has 1 heterocycles. The molecule has 1 saturated carbocycles. The lowest BCUT2D eigenvalue weighted by atomic mass is 9.95. The fraction of sp³-hybridized carbons (Fsp3) is 0.200. The highest BCUT2D eigenvalue weighted by Crippen LogP contribution is 2.50. The number of nitrogens with one attached hydrogen (secondary N) is 1. The Morgan fingerprint density at radius 2 is 1.74 bits per heavy atom. The van der Waals surface area contributed by atoms with Crippen molar-refractivity contribution in [1.82, 2.24) is 4.98 Å². The molecule has 27 heavy (non-hydrogen) atoms. The van der Waals surface area contributed by atoms with Gasteiger partial charge in [0.2, 0.25) is 0 Å². The fourth-order valence-electron chi connectivity index (χ4n) is 3.18. The number of aromatic nitrogens is 1. The molecule has 3 aromatic rings. The van der Waals surface area contributed by atoms with Crippen molar-refractivity contribution in [2.24, 2.45) is 0 Å². The molecule has 4 rings (SSSR count). The molecular formula is C20H14F3NO3. The van der Waals surface area contributed by atoms with Crippen molar-refractivity contribution in [3.63, 3.8) is 0 Å². The molecule has 1 aromatic heterocycles. The minimum atomic E-state index is -1.21. The second-order valence-corrected chi connectivity index (χ2v) is 6.64. The zero-order chi connectivity index (χ0) is 19.2. The largest absolute Gasteiger partial charge is 0.460 e. The number of benzene rings is 2. The maximum absolute atomic E-state index is 14.0. The van der Waals surface area contributed by atoms with Crippen molar-refractivity contribution >= 4 is 16.9 Å². The van der Waals surface area contributed by atoms with Gasteiger partial charge in [-0.1, -0.05) is 0 Å². The van der Waals surface area contributed by atoms with E-state index in [0.717, 1.165) is 18.2 Å². The Hall–Kier alpha value is -3.09. The van der Waals surface area contributed by atoms with E-state index in [1.165, 1.54) is 24.3 Å². The standard InChI is InChI=1S/C20H14F3NO3/c21-13-3-4-16(23)15(8-13)20(5-6-20)19(26)27-10-12-7-11-1-2-14(22)9-17(11)24-18(12)25/h1-4,7-9H,5-6,10H2,(H,24,25). The van der Waals surface area contributed by atoms with Crippen LogP contribution < -0.4 is 5.56 Å². The van der Waals surface area contributed by atoms with Gasteiger partial charge >= 0.3 is 5.97 Å². The van der Waals surface area contributed by atoms with E-state index in [-0.39, 0.29) is 17.7 Å². The van der Waals surface area contributed by atoms with Crippen LogP contribution in [0.2, 0.25) is 0 Å². The monoisotopic (exact) mass is 373 g/mol. The van der Waals surface area contributed by atoms with Crippen LogP contribution in [-0.4, -0.2) is 11.0 Å². The number of esters is 1. The lowest BCUT2D eigenvalue weighted by Gasteiger charge is -2.16. The molecule has 0 aliphatic heterocycles. The predicted octanol–water partition coefficient (Wildman–Crippen LogP) is 3.72. The molecule has 0 unspecified atom stereocenters. The lowest BCUT2D eigenvalue weighted by molar-refractivity contribution is -0.148. The van der Waals surface area contributed by atoms with Gasteiger partial charge < -0.3 is 9.72 Å². The summed E-state index contributed by atoms with van der Waals surface area (Å²) in [5.74, 6) is -2.49. The molecule has 0 saturated heterocycles. The van der Waals surface area contributed by atoms with Crippen LogP contribution in [0.4, 0.5) is 13.2 Å². The Labute approximate surface area is 151 Å². The Morgan fingerprint density at radius 3 is 2.48 bits per heavy atom. The topological polar surface area (TPSA) is 59.2 Å². The molecule has 4 nitrogen and oxygen atoms in total. The zero-order valence-electron chi connectivity index (χ0n) is 14.0. The SMILES string of the molecule is O=C(OCc1cc2ccc(F)cc2[nH]c1=O)C1(c2cc(F)ccc2F)CC1. The van der Waals surface area contributed by atoms with E-state index in [2.05, 4.69) is 4.98 Å². The summed E-state index contributed by atoms with van der Waals surface area (Å²) in [4.78, 5) is 27.2. The van der Waals surface area contributed by atoms with Gasteiger partial charge in [-0.15, -0.1) is 0 Å². The number of aromatic amines is 1. The Kier molecular flexibility index (Phi) is 4.02. The fourth-order valence-corrected chi connectivity index (χ4v) is 3.18. The Bertz CT molecular complexity index is 1120. The molecule has 138 valence electrons. The van der Waals surface area contributed by atoms with Gasteiger partial charge in [0.25, 0.3) is 5.56 Å². The van der Waals surface area contributed by atoms with E-state index in [0.29, 0.717) is 23.7 Å². The molecule has 1 aliphatic rings. The van der Waals surface area contributed by atoms with Crippen LogP contribution in [0.3, 0.4) is 0 Å². The number of hydrogen-bond acceptors (Lipinski definition) is 3. The second kappa shape index (κ2) is 6.26. The number of hydrogen-bond donors (Lipinski definition) is 1. The summed E-state index contributed by atoms with van der Waals surface area (Å²) >= 11 is 0. The van der Waals surface area contributed by atoms with Crippen molar-refractivity contribution < 1.29 is 22.7 Å². The zero-order valence-corrected chi connectivity index (χ0v) is 14.0. The van der Waals surface area contributed by atoms with Gasteiger partial charge in [0.05, 0.1) is 16.5 Å². The van der Waals surface area contributed by atoms with Gasteiger partial charge in [-0.3, -0.25) is 9.59 Å². The Morgan fingerprint density at radius 1 is 1.04 bits per heavy atom. The van der Waals surface area contributed by atoms with E-state index < -0.39 is 34.4 Å². The molecule has 0 amide bonds. The van der Waals surface area contributed by atoms with Crippen LogP contribution in [0.1, 0.15) is 24.0 Å². The van der Waals surface area contributed by atoms with Crippen LogP contribution in [0.25, 0.3) is 10.9 Å². The third kappa shape index (κ3) is 3.09. The quantitative estimate of drug-likeness (QED) is 0.709. The van der Waals surface area contributed by atoms with Crippen molar-refractivity contribution in [1.29, 1.82) is 0 Å². The molecule has 7 heteroatoms. The number of fused-ring (bicyclic) bond motifs is 1. The first-order valence-corrected chi connectivity index (χ1v) is 8.33. The summed E-state index contributed by atoms with van der Waals surface area (Å²) in [5, 5.41) is 0.583. The summed E-state index contributed by atoms with van der Waals surface area (Å²) < 4.78 is 46.0. The number of pyridine rings is 1. The first-order valence-electron chi connectivity index (χ1n) is 8.33. The van der Waals surface area contributed by atoms with Gasteiger partial charge in [0.1, 0.15) is 24.1 Å². The maximum atomic E-state index is 14.0. The molecule has 0 atom stereocenters. The average Bonchev–Trinajstić information content (AvgIpc) is 3.43. The molecule has 1 aliphatic carbocycles. The number of halogens is 3. The minimum Gasteiger partial charge on any atom is -0.460 e. The maximum Gasteiger partial charge on any atom is 0.317 e. The molecule has 0 spiro atoms. The van der Waals surface area contributed by atoms with E-state index >= 15 is 0 Å². The highest BCUT2D eigenvalue weighted by atomic mass is 19.1. The summed E-state index contributed by atoms with van der Waals surface area (Å²) in [7, 11) is 0. The van der Waals surface area contributed by atoms with E-state index in [1.54, 1.807) is 0 Å². The molecular weight excluding hydrogens is 359 g/mol. The van der Waals surface area contributed by atoms with Crippen molar-refractivity contribution in [2.75, 3.05) is 0 Å². The van der Waals surface area contributed by atoms with E-state index in [4.69, 9.17) is 4.74 Å². The number of ether oxygens (including phenoxy) is 1. The summed E-state index contributed by atoms with van der Waals surface area (Å²) in [6.07, 6.45) is 0.694. The third-order valence-corrected chi connectivity index (χ3v) is 4.83. The number of carbonyl (C=O) groups is 1. The van der Waals surface area contributed by atoms with Gasteiger partial charge in [-0.25, -0.2) is 13.2 Å². The van der Waals surface area contributed by atoms with Crippen LogP contribution >= 0.6 is 0 Å². The van der Waals surface area contributed by atoms with Crippen LogP contribution in [0.15, 0.2) is 47.3 Å². The smallest absolute Gasteiger partial charge is 0.317 e. The number of H-pyrrole nitrogens is 1. The normalized spacial score (nSPS) is 14.9. The first kappa shape index (κ1) is 17.3. The molecule has 1 fully saturated rings. The van der Waals surface area contributed by atoms with Crippen LogP contribution in [0.5, 0.6) is 0 Å². The molecule has 0 radical (unpaired) electrons. The van der Waals surface area contributed by atoms with E-state index in [9.17, 15) is 22.8 Å². The molecule has 2 aromatic carbocycles. The van der Waals surface area contributed by atoms with Crippen LogP contribution in [-0.2, 0) is 21.6 Å². The molecule has 1 N–H and O–H groups in total. The van der Waals surface area contributed by atoms with Gasteiger partial charge in [0.15, 0.2) is 0 Å². The summed E-state index contributed by atoms with van der Waals surface area (Å²) in [6, 6.07) is 8.41. The van der Waals surface area contributed by atoms with Crippen molar-refractivity contribution in [3.8, 4) is 0 Å². The number of rotatable bonds is 4. The van der Waals surface area contributed by atoms with E-state index in [1.807, 2.05) is 0 Å². The van der Waals surface area contributed by atoms with Crippen molar-refractivity contribution in [3.05, 3.63) is 81.4 Å². The average molecular weight is 373 g/mol. The van der Waals surface area contributed by atoms with Gasteiger partial charge in [-0.2, -0.15) is 0 Å². The summed E-state index contributed by atoms with van der Waals surface area (Å²) in [6.45, 7) is -0.319. The summed E-state index contributed by atoms with van der Waals surface area (Å²) in [5.41, 5.74) is -1.24. The highest BCUT2D eigenvalue weighted by molar-refractivity contribution is 5.87. The lowest BCUT2D eigenvalue weighted by Crippen LogP contribution is -2.26. The third-order valence-electron chi connectivity index (χ3n) is 4.83. The van der Waals surface area contributed by atoms with Gasteiger partial charge in [-0.05, 0) is 60.7 Å². The predicted molar refractivity (Wildman–Crippen MR) is 91.6 cm³/mol. The second-order valence-electron chi connectivity index (χ2n) is 6.64. The highest BCUT2D eigenvalue weighted by Gasteiger charge is 2.54. The van der Waals surface area contributed by atoms with Crippen LogP contribution in [0, 0.1) is 17.5 Å². The minimum absolute atomic E-state index is 0.0320. The molecule has 0 bridgehead atoms. The first-order chi connectivity index (χ1) is 12.9. The Balaban J connectivity index is 1.57. The van der Waals surface area contributed by atoms with Gasteiger partial charge in [0, 0.05) is 5.56 Å². The number of carbonyl (C=O) groups excluding carboxylic acids is 1.